The van der Waals surface area contributed by atoms with E-state index < -0.39 is 0 Å². The molecule has 19 heavy (non-hydrogen) atoms. The highest BCUT2D eigenvalue weighted by atomic mass is 32.2. The van der Waals surface area contributed by atoms with Gasteiger partial charge >= 0.3 is 0 Å². The van der Waals surface area contributed by atoms with Gasteiger partial charge in [-0.15, -0.1) is 11.8 Å². The quantitative estimate of drug-likeness (QED) is 0.538. The molecule has 0 bridgehead atoms. The second-order valence-corrected chi connectivity index (χ2v) is 5.07. The van der Waals surface area contributed by atoms with Crippen LogP contribution in [0.25, 0.3) is 11.1 Å². The average molecular weight is 270 g/mol. The molecule has 0 nitrogen and oxygen atoms in total. The van der Waals surface area contributed by atoms with Crippen molar-refractivity contribution in [1.82, 2.24) is 0 Å². The van der Waals surface area contributed by atoms with Gasteiger partial charge in [-0.25, -0.2) is 4.39 Å². The fraction of sp³-hybridized carbons (Fsp3) is 0.0588. The Balaban J connectivity index is 2.23. The number of rotatable bonds is 4. The zero-order chi connectivity index (χ0) is 13.8. The van der Waals surface area contributed by atoms with E-state index in [1.807, 2.05) is 18.4 Å². The summed E-state index contributed by atoms with van der Waals surface area (Å²) in [6, 6.07) is 14.5. The van der Waals surface area contributed by atoms with Crippen molar-refractivity contribution in [3.63, 3.8) is 0 Å². The summed E-state index contributed by atoms with van der Waals surface area (Å²) < 4.78 is 12.9. The molecule has 0 atom stereocenters. The number of hydrogen-bond donors (Lipinski definition) is 0. The van der Waals surface area contributed by atoms with E-state index >= 15 is 0 Å². The van der Waals surface area contributed by atoms with Crippen molar-refractivity contribution < 1.29 is 4.39 Å². The van der Waals surface area contributed by atoms with Crippen LogP contribution in [0.3, 0.4) is 0 Å². The van der Waals surface area contributed by atoms with Gasteiger partial charge < -0.3 is 0 Å². The molecule has 0 aromatic heterocycles. The van der Waals surface area contributed by atoms with Gasteiger partial charge in [0.1, 0.15) is 5.82 Å². The van der Waals surface area contributed by atoms with Gasteiger partial charge in [0.25, 0.3) is 0 Å². The number of thioether (sulfide) groups is 1. The van der Waals surface area contributed by atoms with Crippen molar-refractivity contribution in [3.8, 4) is 0 Å². The topological polar surface area (TPSA) is 0 Å². The van der Waals surface area contributed by atoms with E-state index in [1.165, 1.54) is 17.0 Å². The predicted molar refractivity (Wildman–Crippen MR) is 82.7 cm³/mol. The van der Waals surface area contributed by atoms with Crippen LogP contribution in [0.15, 0.2) is 66.6 Å². The van der Waals surface area contributed by atoms with E-state index in [0.717, 1.165) is 22.3 Å². The maximum absolute atomic E-state index is 12.9. The van der Waals surface area contributed by atoms with Gasteiger partial charge in [0.05, 0.1) is 0 Å². The van der Waals surface area contributed by atoms with Gasteiger partial charge in [-0.3, -0.25) is 0 Å². The maximum atomic E-state index is 12.9. The Labute approximate surface area is 117 Å². The lowest BCUT2D eigenvalue weighted by atomic mass is 9.95. The van der Waals surface area contributed by atoms with Gasteiger partial charge in [0.2, 0.25) is 0 Å². The van der Waals surface area contributed by atoms with Crippen molar-refractivity contribution in [2.45, 2.75) is 4.90 Å². The molecule has 0 aliphatic carbocycles. The highest BCUT2D eigenvalue weighted by Crippen LogP contribution is 2.29. The van der Waals surface area contributed by atoms with Crippen molar-refractivity contribution >= 4 is 22.9 Å². The molecule has 0 N–H and O–H groups in total. The van der Waals surface area contributed by atoms with Gasteiger partial charge in [0, 0.05) is 4.90 Å². The van der Waals surface area contributed by atoms with Crippen LogP contribution < -0.4 is 0 Å². The number of halogens is 1. The Kier molecular flexibility index (Phi) is 4.23. The molecule has 0 radical (unpaired) electrons. The summed E-state index contributed by atoms with van der Waals surface area (Å²) >= 11 is 1.70. The molecular weight excluding hydrogens is 255 g/mol. The zero-order valence-corrected chi connectivity index (χ0v) is 11.6. The third-order valence-electron chi connectivity index (χ3n) is 3.00. The van der Waals surface area contributed by atoms with Crippen LogP contribution >= 0.6 is 11.8 Å². The van der Waals surface area contributed by atoms with Crippen molar-refractivity contribution in [3.05, 3.63) is 78.6 Å². The monoisotopic (exact) mass is 270 g/mol. The molecule has 0 aliphatic rings. The molecule has 0 fully saturated rings. The van der Waals surface area contributed by atoms with Crippen LogP contribution in [0, 0.1) is 5.82 Å². The lowest BCUT2D eigenvalue weighted by Gasteiger charge is -2.10. The molecule has 0 spiro atoms. The summed E-state index contributed by atoms with van der Waals surface area (Å²) in [6.07, 6.45) is 2.04. The van der Waals surface area contributed by atoms with Crippen LogP contribution in [-0.4, -0.2) is 6.26 Å². The summed E-state index contributed by atoms with van der Waals surface area (Å²) in [4.78, 5) is 1.21. The number of benzene rings is 2. The molecule has 0 heterocycles. The first-order valence-electron chi connectivity index (χ1n) is 5.90. The maximum Gasteiger partial charge on any atom is 0.123 e. The first-order chi connectivity index (χ1) is 9.11. The third-order valence-corrected chi connectivity index (χ3v) is 3.74. The van der Waals surface area contributed by atoms with Gasteiger partial charge in [0.15, 0.2) is 0 Å². The molecule has 0 saturated carbocycles. The summed E-state index contributed by atoms with van der Waals surface area (Å²) in [7, 11) is 0. The van der Waals surface area contributed by atoms with Crippen LogP contribution in [0.5, 0.6) is 0 Å². The van der Waals surface area contributed by atoms with E-state index in [0.29, 0.717) is 0 Å². The van der Waals surface area contributed by atoms with Crippen LogP contribution in [-0.2, 0) is 0 Å². The van der Waals surface area contributed by atoms with Crippen molar-refractivity contribution in [2.24, 2.45) is 0 Å². The molecule has 2 aromatic carbocycles. The molecule has 2 rings (SSSR count). The molecule has 2 aromatic rings. The normalized spacial score (nSPS) is 10.2. The van der Waals surface area contributed by atoms with Crippen molar-refractivity contribution in [2.75, 3.05) is 6.26 Å². The highest BCUT2D eigenvalue weighted by Gasteiger charge is 2.06. The average Bonchev–Trinajstić information content (AvgIpc) is 2.46. The molecular formula is C17H15FS. The molecule has 0 aliphatic heterocycles. The highest BCUT2D eigenvalue weighted by molar-refractivity contribution is 7.98. The van der Waals surface area contributed by atoms with Gasteiger partial charge in [-0.05, 0) is 52.8 Å². The van der Waals surface area contributed by atoms with Crippen LogP contribution in [0.4, 0.5) is 4.39 Å². The third kappa shape index (κ3) is 3.15. The molecule has 2 heteroatoms. The van der Waals surface area contributed by atoms with E-state index in [4.69, 9.17) is 0 Å². The lowest BCUT2D eigenvalue weighted by Crippen LogP contribution is -1.88. The SMILES string of the molecule is C=C(C(=C)c1ccc(SC)cc1)c1ccc(F)cc1. The largest absolute Gasteiger partial charge is 0.207 e. The zero-order valence-electron chi connectivity index (χ0n) is 10.8. The number of allylic oxidation sites excluding steroid dienone is 2. The van der Waals surface area contributed by atoms with Crippen LogP contribution in [0.1, 0.15) is 11.1 Å². The fourth-order valence-corrected chi connectivity index (χ4v) is 2.20. The van der Waals surface area contributed by atoms with E-state index in [9.17, 15) is 4.39 Å². The Morgan fingerprint density at radius 1 is 0.842 bits per heavy atom. The van der Waals surface area contributed by atoms with Crippen molar-refractivity contribution in [1.29, 1.82) is 0 Å². The predicted octanol–water partition coefficient (Wildman–Crippen LogP) is 5.27. The van der Waals surface area contributed by atoms with E-state index in [2.05, 4.69) is 25.3 Å². The summed E-state index contributed by atoms with van der Waals surface area (Å²) in [5, 5.41) is 0. The summed E-state index contributed by atoms with van der Waals surface area (Å²) in [5.74, 6) is -0.244. The Morgan fingerprint density at radius 2 is 1.26 bits per heavy atom. The second-order valence-electron chi connectivity index (χ2n) is 4.19. The van der Waals surface area contributed by atoms with Crippen LogP contribution in [0.2, 0.25) is 0 Å². The Bertz CT molecular complexity index is 594. The summed E-state index contributed by atoms with van der Waals surface area (Å²) in [5.41, 5.74) is 3.60. The second kappa shape index (κ2) is 5.89. The Hall–Kier alpha value is -1.80. The van der Waals surface area contributed by atoms with E-state index in [-0.39, 0.29) is 5.82 Å². The molecule has 0 saturated heterocycles. The van der Waals surface area contributed by atoms with Gasteiger partial charge in [-0.2, -0.15) is 0 Å². The standard InChI is InChI=1S/C17H15FS/c1-12(14-4-8-16(18)9-5-14)13(2)15-6-10-17(19-3)11-7-15/h4-11H,1-2H2,3H3. The molecule has 96 valence electrons. The molecule has 0 unspecified atom stereocenters. The minimum absolute atomic E-state index is 0.244. The molecule has 0 amide bonds. The smallest absolute Gasteiger partial charge is 0.123 e. The first kappa shape index (κ1) is 13.6. The number of hydrogen-bond acceptors (Lipinski definition) is 1. The summed E-state index contributed by atoms with van der Waals surface area (Å²) in [6.45, 7) is 8.13. The first-order valence-corrected chi connectivity index (χ1v) is 7.13. The van der Waals surface area contributed by atoms with Gasteiger partial charge in [-0.1, -0.05) is 37.4 Å². The van der Waals surface area contributed by atoms with E-state index in [1.54, 1.807) is 23.9 Å². The minimum atomic E-state index is -0.244. The lowest BCUT2D eigenvalue weighted by molar-refractivity contribution is 0.627. The fourth-order valence-electron chi connectivity index (χ4n) is 1.79. The minimum Gasteiger partial charge on any atom is -0.207 e. The Morgan fingerprint density at radius 3 is 1.68 bits per heavy atom.